The molecule has 4 heteroatoms. The summed E-state index contributed by atoms with van der Waals surface area (Å²) >= 11 is 0. The smallest absolute Gasteiger partial charge is 0.239 e. The molecule has 0 saturated heterocycles. The molecule has 0 bridgehead atoms. The van der Waals surface area contributed by atoms with E-state index in [-0.39, 0.29) is 18.6 Å². The van der Waals surface area contributed by atoms with Gasteiger partial charge in [-0.2, -0.15) is 0 Å². The van der Waals surface area contributed by atoms with E-state index in [2.05, 4.69) is 11.9 Å². The van der Waals surface area contributed by atoms with Gasteiger partial charge in [-0.25, -0.2) is 0 Å². The number of ether oxygens (including phenoxy) is 1. The highest BCUT2D eigenvalue weighted by Crippen LogP contribution is 1.85. The lowest BCUT2D eigenvalue weighted by molar-refractivity contribution is -0.123. The Bertz CT molecular complexity index is 159. The predicted octanol–water partition coefficient (Wildman–Crippen LogP) is -0.349. The number of hydrogen-bond donors (Lipinski definition) is 2. The van der Waals surface area contributed by atoms with E-state index in [1.54, 1.807) is 6.08 Å². The second-order valence-corrected chi connectivity index (χ2v) is 2.59. The first-order chi connectivity index (χ1) is 5.61. The molecule has 2 atom stereocenters. The van der Waals surface area contributed by atoms with Gasteiger partial charge in [-0.3, -0.25) is 4.79 Å². The molecule has 4 nitrogen and oxygen atoms in total. The van der Waals surface area contributed by atoms with Gasteiger partial charge >= 0.3 is 0 Å². The van der Waals surface area contributed by atoms with E-state index in [1.165, 1.54) is 7.11 Å². The molecule has 0 spiro atoms. The van der Waals surface area contributed by atoms with Gasteiger partial charge in [0.15, 0.2) is 0 Å². The van der Waals surface area contributed by atoms with Crippen molar-refractivity contribution in [2.75, 3.05) is 13.7 Å². The maximum atomic E-state index is 11.1. The fourth-order valence-corrected chi connectivity index (χ4v) is 0.646. The Morgan fingerprint density at radius 1 is 1.83 bits per heavy atom. The maximum absolute atomic E-state index is 11.1. The van der Waals surface area contributed by atoms with Gasteiger partial charge in [-0.05, 0) is 6.92 Å². The molecular formula is C8H16N2O2. The van der Waals surface area contributed by atoms with Crippen LogP contribution in [0.15, 0.2) is 12.7 Å². The molecule has 0 aliphatic rings. The van der Waals surface area contributed by atoms with Gasteiger partial charge in [0.25, 0.3) is 0 Å². The zero-order chi connectivity index (χ0) is 9.56. The monoisotopic (exact) mass is 172 g/mol. The van der Waals surface area contributed by atoms with Crippen LogP contribution >= 0.6 is 0 Å². The Morgan fingerprint density at radius 2 is 2.42 bits per heavy atom. The third-order valence-corrected chi connectivity index (χ3v) is 1.41. The molecule has 0 radical (unpaired) electrons. The van der Waals surface area contributed by atoms with Gasteiger partial charge in [0.1, 0.15) is 6.04 Å². The Kier molecular flexibility index (Phi) is 5.32. The van der Waals surface area contributed by atoms with E-state index in [9.17, 15) is 4.79 Å². The largest absolute Gasteiger partial charge is 0.383 e. The van der Waals surface area contributed by atoms with Crippen LogP contribution in [-0.4, -0.2) is 31.7 Å². The molecule has 3 N–H and O–H groups in total. The second kappa shape index (κ2) is 5.74. The van der Waals surface area contributed by atoms with Crippen molar-refractivity contribution in [1.29, 1.82) is 0 Å². The van der Waals surface area contributed by atoms with E-state index in [1.807, 2.05) is 6.92 Å². The molecule has 0 rings (SSSR count). The number of amides is 1. The zero-order valence-corrected chi connectivity index (χ0v) is 7.54. The van der Waals surface area contributed by atoms with Crippen LogP contribution in [-0.2, 0) is 9.53 Å². The minimum Gasteiger partial charge on any atom is -0.383 e. The van der Waals surface area contributed by atoms with Crippen molar-refractivity contribution in [3.63, 3.8) is 0 Å². The Labute approximate surface area is 72.8 Å². The molecule has 0 aromatic rings. The molecule has 2 unspecified atom stereocenters. The fourth-order valence-electron chi connectivity index (χ4n) is 0.646. The van der Waals surface area contributed by atoms with E-state index in [4.69, 9.17) is 10.5 Å². The molecule has 70 valence electrons. The topological polar surface area (TPSA) is 64.4 Å². The van der Waals surface area contributed by atoms with E-state index in [0.717, 1.165) is 0 Å². The fraction of sp³-hybridized carbons (Fsp3) is 0.625. The predicted molar refractivity (Wildman–Crippen MR) is 47.7 cm³/mol. The SMILES string of the molecule is C=CC(C)NC(=O)C(N)COC. The van der Waals surface area contributed by atoms with E-state index < -0.39 is 6.04 Å². The van der Waals surface area contributed by atoms with Crippen molar-refractivity contribution in [3.8, 4) is 0 Å². The normalized spacial score (nSPS) is 14.9. The summed E-state index contributed by atoms with van der Waals surface area (Å²) in [6, 6.07) is -0.655. The summed E-state index contributed by atoms with van der Waals surface area (Å²) in [5, 5.41) is 2.65. The summed E-state index contributed by atoms with van der Waals surface area (Å²) in [4.78, 5) is 11.1. The third-order valence-electron chi connectivity index (χ3n) is 1.41. The van der Waals surface area contributed by atoms with Crippen molar-refractivity contribution in [2.45, 2.75) is 19.0 Å². The summed E-state index contributed by atoms with van der Waals surface area (Å²) in [6.45, 7) is 5.59. The highest BCUT2D eigenvalue weighted by Gasteiger charge is 2.13. The minimum absolute atomic E-state index is 0.0552. The molecule has 0 aliphatic heterocycles. The van der Waals surface area contributed by atoms with Crippen molar-refractivity contribution < 1.29 is 9.53 Å². The van der Waals surface area contributed by atoms with Gasteiger partial charge < -0.3 is 15.8 Å². The molecule has 12 heavy (non-hydrogen) atoms. The number of methoxy groups -OCH3 is 1. The van der Waals surface area contributed by atoms with Crippen molar-refractivity contribution in [3.05, 3.63) is 12.7 Å². The minimum atomic E-state index is -0.600. The molecule has 0 aromatic heterocycles. The first kappa shape index (κ1) is 11.1. The first-order valence-electron chi connectivity index (χ1n) is 3.79. The number of nitrogens with two attached hydrogens (primary N) is 1. The zero-order valence-electron chi connectivity index (χ0n) is 7.54. The molecule has 1 amide bonds. The van der Waals surface area contributed by atoms with Gasteiger partial charge in [0, 0.05) is 13.2 Å². The molecular weight excluding hydrogens is 156 g/mol. The maximum Gasteiger partial charge on any atom is 0.239 e. The summed E-state index contributed by atoms with van der Waals surface area (Å²) in [5.74, 6) is -0.218. The average Bonchev–Trinajstić information content (AvgIpc) is 2.04. The van der Waals surface area contributed by atoms with Crippen LogP contribution < -0.4 is 11.1 Å². The quantitative estimate of drug-likeness (QED) is 0.557. The van der Waals surface area contributed by atoms with E-state index >= 15 is 0 Å². The second-order valence-electron chi connectivity index (χ2n) is 2.59. The van der Waals surface area contributed by atoms with Gasteiger partial charge in [-0.1, -0.05) is 6.08 Å². The first-order valence-corrected chi connectivity index (χ1v) is 3.79. The number of carbonyl (C=O) groups is 1. The summed E-state index contributed by atoms with van der Waals surface area (Å²) in [5.41, 5.74) is 5.46. The standard InChI is InChI=1S/C8H16N2O2/c1-4-6(2)10-8(11)7(9)5-12-3/h4,6-7H,1,5,9H2,2-3H3,(H,10,11). The Balaban J connectivity index is 3.78. The molecule has 0 aliphatic carbocycles. The lowest BCUT2D eigenvalue weighted by Crippen LogP contribution is -2.46. The highest BCUT2D eigenvalue weighted by molar-refractivity contribution is 5.82. The summed E-state index contributed by atoms with van der Waals surface area (Å²) in [7, 11) is 1.50. The number of hydrogen-bond acceptors (Lipinski definition) is 3. The molecule has 0 fully saturated rings. The van der Waals surface area contributed by atoms with Crippen LogP contribution in [0.1, 0.15) is 6.92 Å². The van der Waals surface area contributed by atoms with Gasteiger partial charge in [0.2, 0.25) is 5.91 Å². The lowest BCUT2D eigenvalue weighted by Gasteiger charge is -2.13. The summed E-state index contributed by atoms with van der Waals surface area (Å²) < 4.78 is 4.73. The van der Waals surface area contributed by atoms with Crippen LogP contribution in [0.3, 0.4) is 0 Å². The average molecular weight is 172 g/mol. The Morgan fingerprint density at radius 3 is 2.83 bits per heavy atom. The third kappa shape index (κ3) is 4.10. The number of carbonyl (C=O) groups excluding carboxylic acids is 1. The Hall–Kier alpha value is -0.870. The van der Waals surface area contributed by atoms with Gasteiger partial charge in [0.05, 0.1) is 6.61 Å². The van der Waals surface area contributed by atoms with Crippen molar-refractivity contribution >= 4 is 5.91 Å². The van der Waals surface area contributed by atoms with Crippen LogP contribution in [0.2, 0.25) is 0 Å². The molecule has 0 saturated carbocycles. The van der Waals surface area contributed by atoms with Crippen LogP contribution in [0.5, 0.6) is 0 Å². The van der Waals surface area contributed by atoms with Crippen LogP contribution in [0.25, 0.3) is 0 Å². The van der Waals surface area contributed by atoms with Gasteiger partial charge in [-0.15, -0.1) is 6.58 Å². The lowest BCUT2D eigenvalue weighted by atomic mass is 10.2. The molecule has 0 aromatic carbocycles. The molecule has 0 heterocycles. The van der Waals surface area contributed by atoms with Crippen LogP contribution in [0.4, 0.5) is 0 Å². The number of rotatable bonds is 5. The number of nitrogens with one attached hydrogen (secondary N) is 1. The van der Waals surface area contributed by atoms with Crippen LogP contribution in [0, 0.1) is 0 Å². The highest BCUT2D eigenvalue weighted by atomic mass is 16.5. The van der Waals surface area contributed by atoms with Crippen molar-refractivity contribution in [1.82, 2.24) is 5.32 Å². The van der Waals surface area contributed by atoms with E-state index in [0.29, 0.717) is 0 Å². The summed E-state index contributed by atoms with van der Waals surface area (Å²) in [6.07, 6.45) is 1.64. The van der Waals surface area contributed by atoms with Crippen molar-refractivity contribution in [2.24, 2.45) is 5.73 Å².